The molecule has 1 aromatic carbocycles. The first kappa shape index (κ1) is 17.2. The average Bonchev–Trinajstić information content (AvgIpc) is 2.81. The molecule has 1 aliphatic heterocycles. The molecular weight excluding hydrogens is 306 g/mol. The summed E-state index contributed by atoms with van der Waals surface area (Å²) < 4.78 is 33.8. The summed E-state index contributed by atoms with van der Waals surface area (Å²) in [6.45, 7) is 5.31. The second-order valence-corrected chi connectivity index (χ2v) is 6.57. The van der Waals surface area contributed by atoms with Gasteiger partial charge in [0.25, 0.3) is 0 Å². The lowest BCUT2D eigenvalue weighted by molar-refractivity contribution is -0.119. The minimum Gasteiger partial charge on any atom is -0.443 e. The molecule has 1 fully saturated rings. The largest absolute Gasteiger partial charge is 0.443 e. The molecule has 0 spiro atoms. The lowest BCUT2D eigenvalue weighted by Crippen LogP contribution is -2.34. The lowest BCUT2D eigenvalue weighted by atomic mass is 9.96. The van der Waals surface area contributed by atoms with E-state index in [-0.39, 0.29) is 30.1 Å². The van der Waals surface area contributed by atoms with Crippen LogP contribution in [0.5, 0.6) is 0 Å². The summed E-state index contributed by atoms with van der Waals surface area (Å²) in [5.41, 5.74) is -0.793. The van der Waals surface area contributed by atoms with E-state index in [9.17, 15) is 18.4 Å². The summed E-state index contributed by atoms with van der Waals surface area (Å²) in [4.78, 5) is 24.2. The van der Waals surface area contributed by atoms with Crippen molar-refractivity contribution in [3.8, 4) is 0 Å². The Hall–Kier alpha value is -2.18. The zero-order valence-electron chi connectivity index (χ0n) is 13.6. The number of nitrogens with one attached hydrogen (secondary N) is 1. The maximum atomic E-state index is 14.3. The van der Waals surface area contributed by atoms with Crippen LogP contribution in [0.25, 0.3) is 0 Å². The summed E-state index contributed by atoms with van der Waals surface area (Å²) in [7, 11) is 1.38. The smallest absolute Gasteiger partial charge is 0.414 e. The number of ether oxygens (including phenoxy) is 1. The van der Waals surface area contributed by atoms with Crippen LogP contribution in [0.2, 0.25) is 0 Å². The highest BCUT2D eigenvalue weighted by molar-refractivity contribution is 5.87. The van der Waals surface area contributed by atoms with Crippen LogP contribution in [0.15, 0.2) is 12.1 Å². The molecular formula is C16H20F2N2O3. The maximum Gasteiger partial charge on any atom is 0.414 e. The number of hydrogen-bond acceptors (Lipinski definition) is 3. The van der Waals surface area contributed by atoms with Crippen molar-refractivity contribution in [3.05, 3.63) is 29.3 Å². The average molecular weight is 326 g/mol. The van der Waals surface area contributed by atoms with Gasteiger partial charge in [0.05, 0.1) is 5.69 Å². The Morgan fingerprint density at radius 2 is 1.87 bits per heavy atom. The summed E-state index contributed by atoms with van der Waals surface area (Å²) in [5, 5.41) is 2.55. The van der Waals surface area contributed by atoms with Crippen molar-refractivity contribution in [2.75, 3.05) is 18.5 Å². The van der Waals surface area contributed by atoms with Gasteiger partial charge in [0, 0.05) is 31.5 Å². The van der Waals surface area contributed by atoms with Crippen LogP contribution in [-0.2, 0) is 9.53 Å². The Balaban J connectivity index is 2.25. The number of rotatable bonds is 2. The minimum atomic E-state index is -0.781. The lowest BCUT2D eigenvalue weighted by Gasteiger charge is -2.25. The van der Waals surface area contributed by atoms with Crippen LogP contribution in [0.3, 0.4) is 0 Å². The van der Waals surface area contributed by atoms with E-state index >= 15 is 0 Å². The zero-order valence-corrected chi connectivity index (χ0v) is 13.6. The molecule has 1 heterocycles. The van der Waals surface area contributed by atoms with Crippen LogP contribution in [0.1, 0.15) is 38.7 Å². The van der Waals surface area contributed by atoms with E-state index in [0.29, 0.717) is 0 Å². The molecule has 7 heteroatoms. The van der Waals surface area contributed by atoms with Gasteiger partial charge in [-0.1, -0.05) is 0 Å². The molecule has 1 unspecified atom stereocenters. The summed E-state index contributed by atoms with van der Waals surface area (Å²) in [6.07, 6.45) is -0.656. The van der Waals surface area contributed by atoms with E-state index in [2.05, 4.69) is 5.32 Å². The molecule has 0 radical (unpaired) electrons. The Bertz CT molecular complexity index is 618. The quantitative estimate of drug-likeness (QED) is 0.909. The van der Waals surface area contributed by atoms with E-state index < -0.39 is 29.2 Å². The van der Waals surface area contributed by atoms with Crippen molar-refractivity contribution >= 4 is 17.7 Å². The number of hydrogen-bond donors (Lipinski definition) is 1. The summed E-state index contributed by atoms with van der Waals surface area (Å²) in [6, 6.07) is 2.15. The van der Waals surface area contributed by atoms with Crippen LogP contribution in [0.4, 0.5) is 19.3 Å². The highest BCUT2D eigenvalue weighted by Crippen LogP contribution is 2.31. The molecule has 1 saturated heterocycles. The third kappa shape index (κ3) is 3.97. The summed E-state index contributed by atoms with van der Waals surface area (Å²) in [5.74, 6) is -2.33. The normalized spacial score (nSPS) is 17.8. The van der Waals surface area contributed by atoms with Crippen molar-refractivity contribution < 1.29 is 23.1 Å². The Labute approximate surface area is 133 Å². The third-order valence-corrected chi connectivity index (χ3v) is 3.50. The molecule has 23 heavy (non-hydrogen) atoms. The monoisotopic (exact) mass is 326 g/mol. The zero-order chi connectivity index (χ0) is 17.4. The first-order valence-corrected chi connectivity index (χ1v) is 7.31. The van der Waals surface area contributed by atoms with Gasteiger partial charge in [0.1, 0.15) is 17.2 Å². The molecule has 2 rings (SSSR count). The van der Waals surface area contributed by atoms with Crippen LogP contribution in [0, 0.1) is 11.6 Å². The first-order chi connectivity index (χ1) is 10.6. The third-order valence-electron chi connectivity index (χ3n) is 3.50. The van der Waals surface area contributed by atoms with Crippen molar-refractivity contribution in [1.82, 2.24) is 5.32 Å². The van der Waals surface area contributed by atoms with Gasteiger partial charge < -0.3 is 10.1 Å². The number of carbonyl (C=O) groups is 2. The fourth-order valence-electron chi connectivity index (χ4n) is 2.40. The van der Waals surface area contributed by atoms with E-state index in [4.69, 9.17) is 4.74 Å². The molecule has 5 nitrogen and oxygen atoms in total. The molecule has 2 amide bonds. The van der Waals surface area contributed by atoms with Gasteiger partial charge in [-0.2, -0.15) is 0 Å². The van der Waals surface area contributed by atoms with Crippen molar-refractivity contribution in [2.45, 2.75) is 38.7 Å². The minimum absolute atomic E-state index is 0.0507. The number of halogens is 2. The molecule has 1 atom stereocenters. The fraction of sp³-hybridized carbons (Fsp3) is 0.500. The number of anilines is 1. The number of benzene rings is 1. The van der Waals surface area contributed by atoms with E-state index in [1.54, 1.807) is 20.8 Å². The van der Waals surface area contributed by atoms with E-state index in [1.807, 2.05) is 0 Å². The number of nitrogens with zero attached hydrogens (tertiary/aromatic N) is 1. The second kappa shape index (κ2) is 6.14. The van der Waals surface area contributed by atoms with Crippen LogP contribution < -0.4 is 10.2 Å². The van der Waals surface area contributed by atoms with Crippen LogP contribution >= 0.6 is 0 Å². The molecule has 0 saturated carbocycles. The van der Waals surface area contributed by atoms with Gasteiger partial charge >= 0.3 is 6.09 Å². The Kier molecular flexibility index (Phi) is 4.58. The van der Waals surface area contributed by atoms with Crippen LogP contribution in [-0.4, -0.2) is 31.2 Å². The Morgan fingerprint density at radius 1 is 1.30 bits per heavy atom. The second-order valence-electron chi connectivity index (χ2n) is 6.57. The van der Waals surface area contributed by atoms with Gasteiger partial charge in [-0.15, -0.1) is 0 Å². The van der Waals surface area contributed by atoms with Gasteiger partial charge in [-0.3, -0.25) is 9.69 Å². The SMILES string of the molecule is CN(C(=O)OC(C)(C)C)c1cc(F)c(C2CNC(=O)C2)c(F)c1. The maximum absolute atomic E-state index is 14.3. The van der Waals surface area contributed by atoms with Gasteiger partial charge in [0.2, 0.25) is 5.91 Å². The highest BCUT2D eigenvalue weighted by Gasteiger charge is 2.29. The fourth-order valence-corrected chi connectivity index (χ4v) is 2.40. The molecule has 1 N–H and O–H groups in total. The summed E-state index contributed by atoms with van der Waals surface area (Å²) >= 11 is 0. The predicted octanol–water partition coefficient (Wildman–Crippen LogP) is 2.94. The van der Waals surface area contributed by atoms with Crippen molar-refractivity contribution in [2.24, 2.45) is 0 Å². The highest BCUT2D eigenvalue weighted by atomic mass is 19.1. The molecule has 126 valence electrons. The van der Waals surface area contributed by atoms with E-state index in [0.717, 1.165) is 17.0 Å². The van der Waals surface area contributed by atoms with Gasteiger partial charge in [-0.05, 0) is 32.9 Å². The van der Waals surface area contributed by atoms with Crippen molar-refractivity contribution in [3.63, 3.8) is 0 Å². The Morgan fingerprint density at radius 3 is 2.30 bits per heavy atom. The number of carbonyl (C=O) groups excluding carboxylic acids is 2. The topological polar surface area (TPSA) is 58.6 Å². The molecule has 0 aliphatic carbocycles. The number of amides is 2. The predicted molar refractivity (Wildman–Crippen MR) is 81.4 cm³/mol. The van der Waals surface area contributed by atoms with Gasteiger partial charge in [-0.25, -0.2) is 13.6 Å². The van der Waals surface area contributed by atoms with Gasteiger partial charge in [0.15, 0.2) is 0 Å². The molecule has 1 aromatic rings. The first-order valence-electron chi connectivity index (χ1n) is 7.31. The van der Waals surface area contributed by atoms with E-state index in [1.165, 1.54) is 7.05 Å². The standard InChI is InChI=1S/C16H20F2N2O3/c1-16(2,3)23-15(22)20(4)10-6-11(17)14(12(18)7-10)9-5-13(21)19-8-9/h6-7,9H,5,8H2,1-4H3,(H,19,21). The molecule has 0 bridgehead atoms. The molecule has 0 aromatic heterocycles. The molecule has 1 aliphatic rings. The van der Waals surface area contributed by atoms with Crippen molar-refractivity contribution in [1.29, 1.82) is 0 Å².